The van der Waals surface area contributed by atoms with E-state index < -0.39 is 26.0 Å². The van der Waals surface area contributed by atoms with E-state index >= 15 is 0 Å². The smallest absolute Gasteiger partial charge is 0.264 e. The van der Waals surface area contributed by atoms with E-state index in [4.69, 9.17) is 0 Å². The van der Waals surface area contributed by atoms with E-state index in [0.29, 0.717) is 16.9 Å². The van der Waals surface area contributed by atoms with Crippen LogP contribution in [0.3, 0.4) is 0 Å². The first-order valence-electron chi connectivity index (χ1n) is 11.4. The molecule has 12 heteroatoms. The summed E-state index contributed by atoms with van der Waals surface area (Å²) in [6.07, 6.45) is 2.82. The molecular weight excluding hydrogens is 526 g/mol. The van der Waals surface area contributed by atoms with Crippen LogP contribution in [-0.4, -0.2) is 32.7 Å². The highest BCUT2D eigenvalue weighted by atomic mass is 32.2. The number of benzene rings is 3. The van der Waals surface area contributed by atoms with Crippen LogP contribution in [0.4, 0.5) is 17.3 Å². The second-order valence-electron chi connectivity index (χ2n) is 8.56. The van der Waals surface area contributed by atoms with Gasteiger partial charge in [-0.1, -0.05) is 18.2 Å². The van der Waals surface area contributed by atoms with Gasteiger partial charge in [-0.2, -0.15) is 0 Å². The number of hydrogen-bond acceptors (Lipinski definition) is 7. The molecule has 0 aliphatic rings. The second kappa shape index (κ2) is 10.6. The first kappa shape index (κ1) is 26.8. The third-order valence-corrected chi connectivity index (χ3v) is 8.44. The molecule has 196 valence electrons. The van der Waals surface area contributed by atoms with Gasteiger partial charge in [-0.25, -0.2) is 31.5 Å². The Morgan fingerprint density at radius 3 is 2.08 bits per heavy atom. The van der Waals surface area contributed by atoms with Crippen molar-refractivity contribution in [3.05, 3.63) is 101 Å². The molecule has 38 heavy (non-hydrogen) atoms. The summed E-state index contributed by atoms with van der Waals surface area (Å²) in [7, 11) is -7.90. The summed E-state index contributed by atoms with van der Waals surface area (Å²) < 4.78 is 56.3. The lowest BCUT2D eigenvalue weighted by Gasteiger charge is -2.14. The van der Waals surface area contributed by atoms with Crippen LogP contribution < -0.4 is 14.8 Å². The van der Waals surface area contributed by atoms with Gasteiger partial charge in [0, 0.05) is 23.6 Å². The van der Waals surface area contributed by atoms with Gasteiger partial charge in [0.05, 0.1) is 15.5 Å². The van der Waals surface area contributed by atoms with Gasteiger partial charge in [0.2, 0.25) is 5.95 Å². The number of amides is 1. The summed E-state index contributed by atoms with van der Waals surface area (Å²) in [5.74, 6) is -0.623. The molecular formula is C26H25N5O5S2. The maximum Gasteiger partial charge on any atom is 0.264 e. The zero-order chi connectivity index (χ0) is 27.5. The second-order valence-corrected chi connectivity index (χ2v) is 11.9. The summed E-state index contributed by atoms with van der Waals surface area (Å²) in [5.41, 5.74) is 3.05. The average molecular weight is 552 g/mol. The zero-order valence-corrected chi connectivity index (χ0v) is 22.4. The number of rotatable bonds is 8. The lowest BCUT2D eigenvalue weighted by Crippen LogP contribution is -2.18. The minimum Gasteiger partial charge on any atom is -0.322 e. The van der Waals surface area contributed by atoms with E-state index in [2.05, 4.69) is 24.7 Å². The number of carbonyl (C=O) groups excluding carboxylic acids is 1. The summed E-state index contributed by atoms with van der Waals surface area (Å²) in [4.78, 5) is 20.5. The molecule has 3 aromatic carbocycles. The molecule has 3 N–H and O–H groups in total. The molecule has 1 aromatic heterocycles. The Kier molecular flexibility index (Phi) is 7.46. The van der Waals surface area contributed by atoms with E-state index in [1.54, 1.807) is 32.0 Å². The molecule has 4 aromatic rings. The van der Waals surface area contributed by atoms with Crippen LogP contribution in [0.2, 0.25) is 0 Å². The molecule has 0 spiro atoms. The Labute approximate surface area is 221 Å². The van der Waals surface area contributed by atoms with Crippen LogP contribution in [0.1, 0.15) is 27.0 Å². The van der Waals surface area contributed by atoms with Crippen molar-refractivity contribution in [2.45, 2.75) is 30.6 Å². The lowest BCUT2D eigenvalue weighted by atomic mass is 10.1. The number of aromatic nitrogens is 2. The third kappa shape index (κ3) is 6.15. The van der Waals surface area contributed by atoms with Crippen LogP contribution in [0.15, 0.2) is 88.9 Å². The Bertz CT molecular complexity index is 1710. The Hall–Kier alpha value is -4.29. The van der Waals surface area contributed by atoms with Crippen LogP contribution >= 0.6 is 0 Å². The molecule has 0 unspecified atom stereocenters. The first-order chi connectivity index (χ1) is 17.9. The Balaban J connectivity index is 1.51. The van der Waals surface area contributed by atoms with E-state index in [1.807, 2.05) is 19.1 Å². The van der Waals surface area contributed by atoms with Gasteiger partial charge in [-0.15, -0.1) is 0 Å². The minimum atomic E-state index is -3.97. The normalized spacial score (nSPS) is 11.6. The molecule has 4 rings (SSSR count). The maximum absolute atomic E-state index is 13.2. The fourth-order valence-electron chi connectivity index (χ4n) is 3.53. The SMILES string of the molecule is Cc1ccc(C)c(NS(=O)(=O)c2cc(C(=O)Nc3ccc(S(=O)(=O)Nc4ncccn4)cc3)ccc2C)c1. The standard InChI is InChI=1S/C26H25N5O5S2/c1-17-5-6-18(2)23(15-17)30-38(35,36)24-16-20(8-7-19(24)3)25(32)29-21-9-11-22(12-10-21)37(33,34)31-26-27-13-4-14-28-26/h4-16,30H,1-3H3,(H,29,32)(H,27,28,31). The highest BCUT2D eigenvalue weighted by Crippen LogP contribution is 2.24. The van der Waals surface area contributed by atoms with Gasteiger partial charge in [0.15, 0.2) is 0 Å². The number of nitrogens with one attached hydrogen (secondary N) is 3. The van der Waals surface area contributed by atoms with Gasteiger partial charge in [-0.3, -0.25) is 9.52 Å². The van der Waals surface area contributed by atoms with E-state index in [9.17, 15) is 21.6 Å². The van der Waals surface area contributed by atoms with Gasteiger partial charge in [0.1, 0.15) is 0 Å². The predicted octanol–water partition coefficient (Wildman–Crippen LogP) is 4.26. The number of aryl methyl sites for hydroxylation is 3. The van der Waals surface area contributed by atoms with Crippen LogP contribution in [0.25, 0.3) is 0 Å². The summed E-state index contributed by atoms with van der Waals surface area (Å²) in [5, 5.41) is 2.66. The van der Waals surface area contributed by atoms with Crippen LogP contribution in [0, 0.1) is 20.8 Å². The van der Waals surface area contributed by atoms with Gasteiger partial charge < -0.3 is 5.32 Å². The van der Waals surface area contributed by atoms with Crippen molar-refractivity contribution in [3.63, 3.8) is 0 Å². The first-order valence-corrected chi connectivity index (χ1v) is 14.3. The molecule has 0 bridgehead atoms. The predicted molar refractivity (Wildman–Crippen MR) is 145 cm³/mol. The topological polar surface area (TPSA) is 147 Å². The van der Waals surface area contributed by atoms with Crippen molar-refractivity contribution >= 4 is 43.3 Å². The van der Waals surface area contributed by atoms with Crippen molar-refractivity contribution in [3.8, 4) is 0 Å². The highest BCUT2D eigenvalue weighted by Gasteiger charge is 2.21. The Morgan fingerprint density at radius 2 is 1.39 bits per heavy atom. The Morgan fingerprint density at radius 1 is 0.737 bits per heavy atom. The van der Waals surface area contributed by atoms with Crippen LogP contribution in [0.5, 0.6) is 0 Å². The van der Waals surface area contributed by atoms with Gasteiger partial charge >= 0.3 is 0 Å². The third-order valence-electron chi connectivity index (χ3n) is 5.59. The van der Waals surface area contributed by atoms with Crippen molar-refractivity contribution in [1.82, 2.24) is 9.97 Å². The van der Waals surface area contributed by atoms with Gasteiger partial charge in [0.25, 0.3) is 26.0 Å². The molecule has 0 atom stereocenters. The molecule has 0 saturated heterocycles. The highest BCUT2D eigenvalue weighted by molar-refractivity contribution is 7.93. The number of nitrogens with zero attached hydrogens (tertiary/aromatic N) is 2. The average Bonchev–Trinajstić information content (AvgIpc) is 2.87. The molecule has 0 aliphatic carbocycles. The zero-order valence-electron chi connectivity index (χ0n) is 20.8. The van der Waals surface area contributed by atoms with Gasteiger partial charge in [-0.05, 0) is 86.0 Å². The molecule has 0 saturated carbocycles. The van der Waals surface area contributed by atoms with Crippen molar-refractivity contribution in [2.75, 3.05) is 14.8 Å². The fraction of sp³-hybridized carbons (Fsp3) is 0.115. The number of carbonyl (C=O) groups is 1. The van der Waals surface area contributed by atoms with Crippen molar-refractivity contribution < 1.29 is 21.6 Å². The largest absolute Gasteiger partial charge is 0.322 e. The minimum absolute atomic E-state index is 0.0262. The number of hydrogen-bond donors (Lipinski definition) is 3. The molecule has 0 radical (unpaired) electrons. The molecule has 1 heterocycles. The quantitative estimate of drug-likeness (QED) is 0.296. The van der Waals surface area contributed by atoms with E-state index in [-0.39, 0.29) is 21.3 Å². The monoisotopic (exact) mass is 551 g/mol. The van der Waals surface area contributed by atoms with Crippen LogP contribution in [-0.2, 0) is 20.0 Å². The summed E-state index contributed by atoms with van der Waals surface area (Å²) in [6.45, 7) is 5.31. The maximum atomic E-state index is 13.2. The van der Waals surface area contributed by atoms with Crippen molar-refractivity contribution in [1.29, 1.82) is 0 Å². The summed E-state index contributed by atoms with van der Waals surface area (Å²) >= 11 is 0. The fourth-order valence-corrected chi connectivity index (χ4v) is 5.88. The molecule has 10 nitrogen and oxygen atoms in total. The van der Waals surface area contributed by atoms with Crippen molar-refractivity contribution in [2.24, 2.45) is 0 Å². The lowest BCUT2D eigenvalue weighted by molar-refractivity contribution is 0.102. The molecule has 1 amide bonds. The number of sulfonamides is 2. The summed E-state index contributed by atoms with van der Waals surface area (Å²) in [6, 6.07) is 16.9. The van der Waals surface area contributed by atoms with E-state index in [1.165, 1.54) is 48.8 Å². The molecule has 0 aliphatic heterocycles. The van der Waals surface area contributed by atoms with E-state index in [0.717, 1.165) is 11.1 Å². The molecule has 0 fully saturated rings. The number of anilines is 3.